The first-order valence-corrected chi connectivity index (χ1v) is 8.99. The average molecular weight is 351 g/mol. The molecule has 2 heterocycles. The first-order chi connectivity index (χ1) is 10.2. The third-order valence-electron chi connectivity index (χ3n) is 4.38. The van der Waals surface area contributed by atoms with Gasteiger partial charge >= 0.3 is 6.18 Å². The summed E-state index contributed by atoms with van der Waals surface area (Å²) in [6.07, 6.45) is -0.705. The topological polar surface area (TPSA) is 34.1 Å². The summed E-state index contributed by atoms with van der Waals surface area (Å²) in [7, 11) is -3.20. The molecule has 2 atom stereocenters. The zero-order chi connectivity index (χ0) is 16.1. The number of benzene rings is 1. The number of hydrogen-bond acceptors (Lipinski definition) is 2. The summed E-state index contributed by atoms with van der Waals surface area (Å²) >= 11 is 6.05. The van der Waals surface area contributed by atoms with Crippen LogP contribution in [0, 0.1) is 0 Å². The zero-order valence-corrected chi connectivity index (χ0v) is 13.1. The molecule has 120 valence electrons. The monoisotopic (exact) mass is 350 g/mol. The Morgan fingerprint density at radius 1 is 1.18 bits per heavy atom. The van der Waals surface area contributed by atoms with E-state index >= 15 is 0 Å². The number of halogens is 4. The summed E-state index contributed by atoms with van der Waals surface area (Å²) < 4.78 is 63.0. The minimum atomic E-state index is -4.45. The van der Waals surface area contributed by atoms with Crippen LogP contribution in [0.4, 0.5) is 13.2 Å². The Labute approximate surface area is 131 Å². The molecule has 1 saturated heterocycles. The van der Waals surface area contributed by atoms with Crippen LogP contribution in [0.3, 0.4) is 0 Å². The van der Waals surface area contributed by atoms with Crippen LogP contribution in [0.5, 0.6) is 0 Å². The molecule has 2 unspecified atom stereocenters. The minimum absolute atomic E-state index is 0.219. The predicted octanol–water partition coefficient (Wildman–Crippen LogP) is 4.48. The van der Waals surface area contributed by atoms with Crippen LogP contribution in [0.25, 0.3) is 5.57 Å². The summed E-state index contributed by atoms with van der Waals surface area (Å²) in [5, 5.41) is -0.880. The lowest BCUT2D eigenvalue weighted by Crippen LogP contribution is -2.38. The van der Waals surface area contributed by atoms with Crippen molar-refractivity contribution in [3.8, 4) is 0 Å². The molecule has 0 spiro atoms. The van der Waals surface area contributed by atoms with E-state index in [1.54, 1.807) is 6.08 Å². The van der Waals surface area contributed by atoms with E-state index in [9.17, 15) is 21.6 Å². The average Bonchev–Trinajstić information content (AvgIpc) is 2.37. The van der Waals surface area contributed by atoms with Crippen molar-refractivity contribution in [1.29, 1.82) is 0 Å². The van der Waals surface area contributed by atoms with Crippen LogP contribution in [0.1, 0.15) is 36.8 Å². The van der Waals surface area contributed by atoms with Crippen molar-refractivity contribution in [3.63, 3.8) is 0 Å². The highest BCUT2D eigenvalue weighted by Crippen LogP contribution is 2.42. The molecule has 1 aromatic carbocycles. The Kier molecular flexibility index (Phi) is 3.80. The van der Waals surface area contributed by atoms with E-state index in [1.165, 1.54) is 6.07 Å². The van der Waals surface area contributed by atoms with Gasteiger partial charge in [0.15, 0.2) is 9.84 Å². The largest absolute Gasteiger partial charge is 0.416 e. The maximum atomic E-state index is 12.9. The number of fused-ring (bicyclic) bond motifs is 2. The van der Waals surface area contributed by atoms with Crippen molar-refractivity contribution in [1.82, 2.24) is 0 Å². The van der Waals surface area contributed by atoms with Crippen LogP contribution in [0.2, 0.25) is 5.02 Å². The molecule has 0 radical (unpaired) electrons. The van der Waals surface area contributed by atoms with Crippen molar-refractivity contribution in [2.45, 2.75) is 42.4 Å². The van der Waals surface area contributed by atoms with E-state index in [2.05, 4.69) is 0 Å². The zero-order valence-electron chi connectivity index (χ0n) is 11.5. The first-order valence-electron chi connectivity index (χ1n) is 7.00. The van der Waals surface area contributed by atoms with E-state index in [1.807, 2.05) is 0 Å². The number of allylic oxidation sites excluding steroid dienone is 1. The van der Waals surface area contributed by atoms with E-state index in [-0.39, 0.29) is 11.4 Å². The molecular formula is C15H14ClF3O2S. The highest BCUT2D eigenvalue weighted by molar-refractivity contribution is 7.93. The van der Waals surface area contributed by atoms with Gasteiger partial charge in [-0.05, 0) is 48.6 Å². The maximum absolute atomic E-state index is 12.9. The quantitative estimate of drug-likeness (QED) is 0.748. The number of sulfone groups is 1. The van der Waals surface area contributed by atoms with E-state index < -0.39 is 32.1 Å². The molecule has 7 heteroatoms. The molecule has 0 aliphatic carbocycles. The molecular weight excluding hydrogens is 337 g/mol. The summed E-state index contributed by atoms with van der Waals surface area (Å²) in [6, 6.07) is 3.17. The lowest BCUT2D eigenvalue weighted by Gasteiger charge is -2.33. The fourth-order valence-corrected chi connectivity index (χ4v) is 5.69. The lowest BCUT2D eigenvalue weighted by molar-refractivity contribution is -0.137. The van der Waals surface area contributed by atoms with Crippen molar-refractivity contribution >= 4 is 27.0 Å². The van der Waals surface area contributed by atoms with Crippen LogP contribution >= 0.6 is 11.6 Å². The SMILES string of the molecule is O=S1(=O)C2C=C(c3cc(C(F)(F)F)ccc3Cl)CC1CCC2. The van der Waals surface area contributed by atoms with Gasteiger partial charge in [-0.25, -0.2) is 8.42 Å². The molecule has 0 amide bonds. The van der Waals surface area contributed by atoms with Gasteiger partial charge in [0.25, 0.3) is 0 Å². The van der Waals surface area contributed by atoms with Gasteiger partial charge < -0.3 is 0 Å². The predicted molar refractivity (Wildman–Crippen MR) is 79.4 cm³/mol. The minimum Gasteiger partial charge on any atom is -0.228 e. The Hall–Kier alpha value is -1.01. The first kappa shape index (κ1) is 15.9. The number of hydrogen-bond donors (Lipinski definition) is 0. The Morgan fingerprint density at radius 2 is 1.91 bits per heavy atom. The molecule has 0 aromatic heterocycles. The van der Waals surface area contributed by atoms with E-state index in [4.69, 9.17) is 11.6 Å². The lowest BCUT2D eigenvalue weighted by atomic mass is 9.92. The molecule has 1 aromatic rings. The molecule has 3 rings (SSSR count). The molecule has 22 heavy (non-hydrogen) atoms. The second kappa shape index (κ2) is 5.27. The van der Waals surface area contributed by atoms with Gasteiger partial charge in [-0.3, -0.25) is 0 Å². The molecule has 0 saturated carbocycles. The number of alkyl halides is 3. The highest BCUT2D eigenvalue weighted by Gasteiger charge is 2.41. The summed E-state index contributed by atoms with van der Waals surface area (Å²) in [5.74, 6) is 0. The van der Waals surface area contributed by atoms with Gasteiger partial charge in [0.2, 0.25) is 0 Å². The van der Waals surface area contributed by atoms with E-state index in [0.717, 1.165) is 18.6 Å². The Bertz CT molecular complexity index is 738. The normalized spacial score (nSPS) is 27.4. The summed E-state index contributed by atoms with van der Waals surface area (Å²) in [4.78, 5) is 0. The van der Waals surface area contributed by atoms with Crippen LogP contribution in [0.15, 0.2) is 24.3 Å². The van der Waals surface area contributed by atoms with Gasteiger partial charge in [0.05, 0.1) is 16.1 Å². The summed E-state index contributed by atoms with van der Waals surface area (Å²) in [5.41, 5.74) is 0.135. The van der Waals surface area contributed by atoms with Gasteiger partial charge in [-0.2, -0.15) is 13.2 Å². The standard InChI is InChI=1S/C15H14ClF3O2S/c16-14-5-4-10(15(17,18)19)8-13(14)9-6-11-2-1-3-12(7-9)22(11,20)21/h4-6,8,11-12H,1-3,7H2. The fourth-order valence-electron chi connectivity index (χ4n) is 3.20. The third-order valence-corrected chi connectivity index (χ3v) is 7.25. The second-order valence-corrected chi connectivity index (χ2v) is 8.63. The van der Waals surface area contributed by atoms with Crippen LogP contribution < -0.4 is 0 Å². The van der Waals surface area contributed by atoms with Gasteiger partial charge in [0, 0.05) is 5.02 Å². The third kappa shape index (κ3) is 2.67. The highest BCUT2D eigenvalue weighted by atomic mass is 35.5. The van der Waals surface area contributed by atoms with Gasteiger partial charge in [-0.1, -0.05) is 24.1 Å². The Balaban J connectivity index is 2.07. The summed E-state index contributed by atoms with van der Waals surface area (Å²) in [6.45, 7) is 0. The number of rotatable bonds is 1. The van der Waals surface area contributed by atoms with Crippen molar-refractivity contribution in [3.05, 3.63) is 40.4 Å². The fraction of sp³-hybridized carbons (Fsp3) is 0.467. The molecule has 2 aliphatic rings. The molecule has 0 N–H and O–H groups in total. The smallest absolute Gasteiger partial charge is 0.228 e. The van der Waals surface area contributed by atoms with Crippen molar-refractivity contribution in [2.24, 2.45) is 0 Å². The van der Waals surface area contributed by atoms with E-state index in [0.29, 0.717) is 24.0 Å². The van der Waals surface area contributed by atoms with Crippen LogP contribution in [-0.2, 0) is 16.0 Å². The van der Waals surface area contributed by atoms with Crippen molar-refractivity contribution < 1.29 is 21.6 Å². The van der Waals surface area contributed by atoms with Crippen LogP contribution in [-0.4, -0.2) is 18.9 Å². The van der Waals surface area contributed by atoms with Gasteiger partial charge in [-0.15, -0.1) is 0 Å². The molecule has 2 aliphatic heterocycles. The maximum Gasteiger partial charge on any atom is 0.416 e. The molecule has 2 bridgehead atoms. The molecule has 1 fully saturated rings. The van der Waals surface area contributed by atoms with Crippen molar-refractivity contribution in [2.75, 3.05) is 0 Å². The molecule has 2 nitrogen and oxygen atoms in total. The van der Waals surface area contributed by atoms with Gasteiger partial charge in [0.1, 0.15) is 0 Å². The Morgan fingerprint density at radius 3 is 2.55 bits per heavy atom. The second-order valence-electron chi connectivity index (χ2n) is 5.77.